The maximum atomic E-state index is 11.0. The highest BCUT2D eigenvalue weighted by atomic mass is 16.5. The first-order valence-corrected chi connectivity index (χ1v) is 11.9. The van der Waals surface area contributed by atoms with Crippen molar-refractivity contribution in [3.05, 3.63) is 48.2 Å². The third kappa shape index (κ3) is 6.80. The van der Waals surface area contributed by atoms with Gasteiger partial charge in [0.15, 0.2) is 11.5 Å². The van der Waals surface area contributed by atoms with Crippen molar-refractivity contribution in [3.8, 4) is 11.5 Å². The van der Waals surface area contributed by atoms with Crippen LogP contribution in [0.5, 0.6) is 11.5 Å². The first-order valence-electron chi connectivity index (χ1n) is 11.9. The highest BCUT2D eigenvalue weighted by Gasteiger charge is 2.36. The van der Waals surface area contributed by atoms with Crippen molar-refractivity contribution >= 4 is 5.82 Å². The fourth-order valence-corrected chi connectivity index (χ4v) is 4.34. The Labute approximate surface area is 196 Å². The number of benzene rings is 1. The smallest absolute Gasteiger partial charge is 0.161 e. The summed E-state index contributed by atoms with van der Waals surface area (Å²) in [6.45, 7) is 10.1. The monoisotopic (exact) mass is 456 g/mol. The van der Waals surface area contributed by atoms with Crippen LogP contribution < -0.4 is 19.7 Å². The average molecular weight is 457 g/mol. The van der Waals surface area contributed by atoms with Crippen LogP contribution in [-0.4, -0.2) is 86.3 Å². The van der Waals surface area contributed by atoms with E-state index in [1.54, 1.807) is 6.20 Å². The predicted octanol–water partition coefficient (Wildman–Crippen LogP) is 1.92. The van der Waals surface area contributed by atoms with E-state index >= 15 is 0 Å². The number of ether oxygens (including phenoxy) is 3. The first kappa shape index (κ1) is 23.8. The third-order valence-corrected chi connectivity index (χ3v) is 6.17. The van der Waals surface area contributed by atoms with Gasteiger partial charge in [0.25, 0.3) is 0 Å². The molecule has 0 radical (unpaired) electrons. The van der Waals surface area contributed by atoms with Gasteiger partial charge >= 0.3 is 0 Å². The molecule has 1 atom stereocenters. The molecule has 2 aliphatic heterocycles. The minimum Gasteiger partial charge on any atom is -0.490 e. The SMILES string of the molecule is CCOc1cc(CNCC2(O)CCN(c3ccccn3)C2)ccc1OCCN1CCOCC1. The lowest BCUT2D eigenvalue weighted by molar-refractivity contribution is 0.0320. The van der Waals surface area contributed by atoms with Crippen molar-refractivity contribution in [1.82, 2.24) is 15.2 Å². The molecule has 2 fully saturated rings. The molecule has 4 rings (SSSR count). The molecule has 2 N–H and O–H groups in total. The standard InChI is InChI=1S/C25H36N4O4/c1-2-32-23-17-21(6-7-22(23)33-16-13-28-11-14-31-15-12-28)18-26-19-25(30)8-10-29(20-25)24-5-3-4-9-27-24/h3-7,9,17,26,30H,2,8,10-16,18-20H2,1H3. The summed E-state index contributed by atoms with van der Waals surface area (Å²) in [5.74, 6) is 2.45. The van der Waals surface area contributed by atoms with Crippen molar-refractivity contribution < 1.29 is 19.3 Å². The second kappa shape index (κ2) is 11.7. The normalized spacial score (nSPS) is 21.3. The number of rotatable bonds is 11. The highest BCUT2D eigenvalue weighted by molar-refractivity contribution is 5.43. The summed E-state index contributed by atoms with van der Waals surface area (Å²) in [6, 6.07) is 11.9. The topological polar surface area (TPSA) is 79.3 Å². The number of β-amino-alcohol motifs (C(OH)–C–C–N with tert-alkyl or cyclic N) is 1. The van der Waals surface area contributed by atoms with E-state index in [1.807, 2.05) is 37.3 Å². The van der Waals surface area contributed by atoms with Crippen molar-refractivity contribution in [2.75, 3.05) is 70.6 Å². The molecular weight excluding hydrogens is 420 g/mol. The van der Waals surface area contributed by atoms with Crippen molar-refractivity contribution in [2.45, 2.75) is 25.5 Å². The van der Waals surface area contributed by atoms with Gasteiger partial charge in [0.1, 0.15) is 12.4 Å². The zero-order valence-electron chi connectivity index (χ0n) is 19.5. The molecule has 3 heterocycles. The molecule has 2 saturated heterocycles. The Morgan fingerprint density at radius 1 is 1.12 bits per heavy atom. The molecule has 8 heteroatoms. The number of hydrogen-bond acceptors (Lipinski definition) is 8. The molecule has 0 spiro atoms. The average Bonchev–Trinajstić information content (AvgIpc) is 3.24. The minimum absolute atomic E-state index is 0.526. The molecule has 180 valence electrons. The fraction of sp³-hybridized carbons (Fsp3) is 0.560. The van der Waals surface area contributed by atoms with Crippen molar-refractivity contribution in [2.24, 2.45) is 0 Å². The second-order valence-corrected chi connectivity index (χ2v) is 8.70. The number of nitrogens with one attached hydrogen (secondary N) is 1. The van der Waals surface area contributed by atoms with Crippen LogP contribution in [0.15, 0.2) is 42.6 Å². The molecule has 2 aliphatic rings. The highest BCUT2D eigenvalue weighted by Crippen LogP contribution is 2.29. The van der Waals surface area contributed by atoms with E-state index in [0.29, 0.717) is 32.8 Å². The van der Waals surface area contributed by atoms with Crippen LogP contribution >= 0.6 is 0 Å². The Bertz CT molecular complexity index is 863. The Morgan fingerprint density at radius 2 is 2.00 bits per heavy atom. The predicted molar refractivity (Wildman–Crippen MR) is 128 cm³/mol. The molecular formula is C25H36N4O4. The van der Waals surface area contributed by atoms with Crippen LogP contribution in [0.4, 0.5) is 5.82 Å². The van der Waals surface area contributed by atoms with Gasteiger partial charge in [-0.25, -0.2) is 4.98 Å². The number of anilines is 1. The number of nitrogens with zero attached hydrogens (tertiary/aromatic N) is 3. The van der Waals surface area contributed by atoms with Crippen LogP contribution in [0.2, 0.25) is 0 Å². The Morgan fingerprint density at radius 3 is 2.79 bits per heavy atom. The molecule has 0 saturated carbocycles. The Kier molecular flexibility index (Phi) is 8.39. The van der Waals surface area contributed by atoms with Gasteiger partial charge in [-0.15, -0.1) is 0 Å². The maximum Gasteiger partial charge on any atom is 0.161 e. The number of morpholine rings is 1. The van der Waals surface area contributed by atoms with Crippen LogP contribution in [0, 0.1) is 0 Å². The van der Waals surface area contributed by atoms with Gasteiger partial charge in [0, 0.05) is 52.0 Å². The summed E-state index contributed by atoms with van der Waals surface area (Å²) in [4.78, 5) is 8.89. The van der Waals surface area contributed by atoms with Gasteiger partial charge in [-0.3, -0.25) is 4.90 Å². The minimum atomic E-state index is -0.761. The summed E-state index contributed by atoms with van der Waals surface area (Å²) in [5.41, 5.74) is 0.338. The van der Waals surface area contributed by atoms with E-state index < -0.39 is 5.60 Å². The summed E-state index contributed by atoms with van der Waals surface area (Å²) >= 11 is 0. The van der Waals surface area contributed by atoms with Gasteiger partial charge in [-0.05, 0) is 43.2 Å². The van der Waals surface area contributed by atoms with Crippen LogP contribution in [0.1, 0.15) is 18.9 Å². The Balaban J connectivity index is 1.26. The van der Waals surface area contributed by atoms with Gasteiger partial charge in [0.2, 0.25) is 0 Å². The van der Waals surface area contributed by atoms with E-state index in [4.69, 9.17) is 14.2 Å². The summed E-state index contributed by atoms with van der Waals surface area (Å²) in [6.07, 6.45) is 2.51. The van der Waals surface area contributed by atoms with Crippen molar-refractivity contribution in [1.29, 1.82) is 0 Å². The largest absolute Gasteiger partial charge is 0.490 e. The maximum absolute atomic E-state index is 11.0. The number of aromatic nitrogens is 1. The number of hydrogen-bond donors (Lipinski definition) is 2. The van der Waals surface area contributed by atoms with Crippen molar-refractivity contribution in [3.63, 3.8) is 0 Å². The van der Waals surface area contributed by atoms with Crippen LogP contribution in [0.25, 0.3) is 0 Å². The van der Waals surface area contributed by atoms with Gasteiger partial charge in [-0.2, -0.15) is 0 Å². The molecule has 2 aromatic rings. The molecule has 1 unspecified atom stereocenters. The molecule has 8 nitrogen and oxygen atoms in total. The number of aliphatic hydroxyl groups is 1. The molecule has 1 aromatic carbocycles. The van der Waals surface area contributed by atoms with Gasteiger partial charge in [-0.1, -0.05) is 12.1 Å². The van der Waals surface area contributed by atoms with E-state index in [0.717, 1.165) is 68.7 Å². The van der Waals surface area contributed by atoms with E-state index in [1.165, 1.54) is 0 Å². The molecule has 0 amide bonds. The Hall–Kier alpha value is -2.39. The van der Waals surface area contributed by atoms with E-state index in [9.17, 15) is 5.11 Å². The third-order valence-electron chi connectivity index (χ3n) is 6.17. The molecule has 1 aromatic heterocycles. The second-order valence-electron chi connectivity index (χ2n) is 8.70. The van der Waals surface area contributed by atoms with E-state index in [-0.39, 0.29) is 0 Å². The van der Waals surface area contributed by atoms with Gasteiger partial charge in [0.05, 0.1) is 25.4 Å². The summed E-state index contributed by atoms with van der Waals surface area (Å²) < 4.78 is 17.3. The van der Waals surface area contributed by atoms with E-state index in [2.05, 4.69) is 26.2 Å². The summed E-state index contributed by atoms with van der Waals surface area (Å²) in [5, 5.41) is 14.4. The van der Waals surface area contributed by atoms with Gasteiger partial charge < -0.3 is 29.5 Å². The lowest BCUT2D eigenvalue weighted by Crippen LogP contribution is -2.43. The first-order chi connectivity index (χ1) is 16.1. The lowest BCUT2D eigenvalue weighted by atomic mass is 10.0. The molecule has 0 bridgehead atoms. The lowest BCUT2D eigenvalue weighted by Gasteiger charge is -2.26. The molecule has 0 aliphatic carbocycles. The zero-order chi connectivity index (χ0) is 22.9. The summed E-state index contributed by atoms with van der Waals surface area (Å²) in [7, 11) is 0. The number of pyridine rings is 1. The molecule has 33 heavy (non-hydrogen) atoms. The quantitative estimate of drug-likeness (QED) is 0.531. The van der Waals surface area contributed by atoms with Crippen LogP contribution in [0.3, 0.4) is 0 Å². The van der Waals surface area contributed by atoms with Crippen LogP contribution in [-0.2, 0) is 11.3 Å². The zero-order valence-corrected chi connectivity index (χ0v) is 19.5. The fourth-order valence-electron chi connectivity index (χ4n) is 4.34.